The van der Waals surface area contributed by atoms with Gasteiger partial charge in [0.15, 0.2) is 0 Å². The molecule has 0 aromatic carbocycles. The van der Waals surface area contributed by atoms with Crippen molar-refractivity contribution < 1.29 is 4.74 Å². The van der Waals surface area contributed by atoms with Gasteiger partial charge in [0.05, 0.1) is 37.2 Å². The Balaban J connectivity index is 1.77. The van der Waals surface area contributed by atoms with Crippen LogP contribution in [-0.2, 0) is 4.74 Å². The van der Waals surface area contributed by atoms with Crippen LogP contribution >= 0.6 is 0 Å². The number of fused-ring (bicyclic) bond motifs is 1. The van der Waals surface area contributed by atoms with E-state index in [1.807, 2.05) is 18.1 Å². The number of hydrogen-bond acceptors (Lipinski definition) is 6. The van der Waals surface area contributed by atoms with E-state index >= 15 is 0 Å². The van der Waals surface area contributed by atoms with Crippen LogP contribution in [0.3, 0.4) is 0 Å². The molecule has 1 N–H and O–H groups in total. The summed E-state index contributed by atoms with van der Waals surface area (Å²) in [6, 6.07) is 1.98. The lowest BCUT2D eigenvalue weighted by Gasteiger charge is -2.30. The van der Waals surface area contributed by atoms with Gasteiger partial charge in [0, 0.05) is 18.3 Å². The molecule has 2 aromatic rings. The molecule has 24 heavy (non-hydrogen) atoms. The van der Waals surface area contributed by atoms with E-state index in [4.69, 9.17) is 4.74 Å². The maximum atomic E-state index is 12.5. The maximum absolute atomic E-state index is 12.5. The zero-order valence-electron chi connectivity index (χ0n) is 14.2. The van der Waals surface area contributed by atoms with Crippen LogP contribution in [-0.4, -0.2) is 47.0 Å². The smallest absolute Gasteiger partial charge is 0.271 e. The van der Waals surface area contributed by atoms with Crippen LogP contribution in [0.2, 0.25) is 0 Å². The van der Waals surface area contributed by atoms with Gasteiger partial charge in [-0.2, -0.15) is 0 Å². The lowest BCUT2D eigenvalue weighted by atomic mass is 10.2. The molecule has 128 valence electrons. The topological polar surface area (TPSA) is 72.3 Å². The third-order valence-electron chi connectivity index (χ3n) is 4.81. The van der Waals surface area contributed by atoms with Gasteiger partial charge in [-0.3, -0.25) is 4.79 Å². The Bertz CT molecular complexity index is 808. The molecule has 2 aliphatic rings. The molecule has 4 rings (SSSR count). The number of pyridine rings is 1. The second-order valence-corrected chi connectivity index (χ2v) is 6.71. The number of rotatable bonds is 4. The predicted molar refractivity (Wildman–Crippen MR) is 93.1 cm³/mol. The van der Waals surface area contributed by atoms with Gasteiger partial charge in [0.1, 0.15) is 11.6 Å². The zero-order valence-corrected chi connectivity index (χ0v) is 14.2. The van der Waals surface area contributed by atoms with Crippen LogP contribution in [0.25, 0.3) is 10.9 Å². The first kappa shape index (κ1) is 15.4. The van der Waals surface area contributed by atoms with Gasteiger partial charge in [-0.15, -0.1) is 0 Å². The highest BCUT2D eigenvalue weighted by Crippen LogP contribution is 2.34. The summed E-state index contributed by atoms with van der Waals surface area (Å²) in [5.41, 5.74) is 0.631. The van der Waals surface area contributed by atoms with Crippen LogP contribution in [0, 0.1) is 12.8 Å². The molecule has 1 saturated carbocycles. The van der Waals surface area contributed by atoms with Gasteiger partial charge < -0.3 is 15.1 Å². The van der Waals surface area contributed by atoms with Crippen LogP contribution in [0.1, 0.15) is 25.6 Å². The molecule has 1 aliphatic carbocycles. The minimum absolute atomic E-state index is 0.0660. The minimum atomic E-state index is -0.0660. The molecule has 3 heterocycles. The number of ether oxygens (including phenoxy) is 1. The van der Waals surface area contributed by atoms with Crippen molar-refractivity contribution in [1.29, 1.82) is 0 Å². The summed E-state index contributed by atoms with van der Waals surface area (Å²) < 4.78 is 7.06. The van der Waals surface area contributed by atoms with Gasteiger partial charge in [0.2, 0.25) is 0 Å². The largest absolute Gasteiger partial charge is 0.378 e. The first-order valence-electron chi connectivity index (χ1n) is 8.62. The highest BCUT2D eigenvalue weighted by Gasteiger charge is 2.28. The van der Waals surface area contributed by atoms with Crippen LogP contribution < -0.4 is 15.9 Å². The second kappa shape index (κ2) is 6.05. The van der Waals surface area contributed by atoms with E-state index < -0.39 is 0 Å². The first-order chi connectivity index (χ1) is 11.6. The monoisotopic (exact) mass is 329 g/mol. The molecule has 2 aromatic heterocycles. The fraction of sp³-hybridized carbons (Fsp3) is 0.588. The Morgan fingerprint density at radius 2 is 2.04 bits per heavy atom. The van der Waals surface area contributed by atoms with Crippen molar-refractivity contribution in [3.63, 3.8) is 0 Å². The van der Waals surface area contributed by atoms with E-state index in [0.717, 1.165) is 17.1 Å². The highest BCUT2D eigenvalue weighted by molar-refractivity contribution is 5.88. The lowest BCUT2D eigenvalue weighted by molar-refractivity contribution is 0.111. The number of anilines is 1. The molecule has 1 aliphatic heterocycles. The highest BCUT2D eigenvalue weighted by atomic mass is 16.5. The SMILES string of the molecule is Cc1nc(NC(C)C2CC2)c2cn(N3CCOCC3)c(=O)cc2n1. The molecule has 1 atom stereocenters. The average molecular weight is 329 g/mol. The number of aromatic nitrogens is 3. The van der Waals surface area contributed by atoms with Crippen molar-refractivity contribution in [2.45, 2.75) is 32.7 Å². The second-order valence-electron chi connectivity index (χ2n) is 6.71. The van der Waals surface area contributed by atoms with Gasteiger partial charge in [-0.05, 0) is 32.6 Å². The quantitative estimate of drug-likeness (QED) is 0.911. The molecule has 2 fully saturated rings. The predicted octanol–water partition coefficient (Wildman–Crippen LogP) is 1.28. The standard InChI is InChI=1S/C17H23N5O2/c1-11(13-3-4-13)18-17-14-10-22(21-5-7-24-8-6-21)16(23)9-15(14)19-12(2)20-17/h9-11,13H,3-8H2,1-2H3,(H,18,19,20). The Kier molecular flexibility index (Phi) is 3.88. The van der Waals surface area contributed by atoms with Crippen LogP contribution in [0.5, 0.6) is 0 Å². The summed E-state index contributed by atoms with van der Waals surface area (Å²) >= 11 is 0. The van der Waals surface area contributed by atoms with E-state index in [2.05, 4.69) is 22.2 Å². The molecule has 0 bridgehead atoms. The summed E-state index contributed by atoms with van der Waals surface area (Å²) in [5.74, 6) is 2.22. The molecule has 7 nitrogen and oxygen atoms in total. The van der Waals surface area contributed by atoms with Crippen molar-refractivity contribution in [3.8, 4) is 0 Å². The summed E-state index contributed by atoms with van der Waals surface area (Å²) in [5, 5.41) is 6.43. The molecule has 0 amide bonds. The fourth-order valence-electron chi connectivity index (χ4n) is 3.24. The van der Waals surface area contributed by atoms with Gasteiger partial charge in [0.25, 0.3) is 5.56 Å². The molecule has 0 radical (unpaired) electrons. The number of hydrogen-bond donors (Lipinski definition) is 1. The van der Waals surface area contributed by atoms with E-state index in [9.17, 15) is 4.79 Å². The van der Waals surface area contributed by atoms with Crippen molar-refractivity contribution in [3.05, 3.63) is 28.4 Å². The first-order valence-corrected chi connectivity index (χ1v) is 8.62. The Morgan fingerprint density at radius 1 is 1.29 bits per heavy atom. The van der Waals surface area contributed by atoms with Crippen molar-refractivity contribution in [2.75, 3.05) is 36.6 Å². The van der Waals surface area contributed by atoms with Crippen LogP contribution in [0.15, 0.2) is 17.1 Å². The normalized spacial score (nSPS) is 19.5. The van der Waals surface area contributed by atoms with Gasteiger partial charge >= 0.3 is 0 Å². The molecule has 7 heteroatoms. The summed E-state index contributed by atoms with van der Waals surface area (Å²) in [7, 11) is 0. The van der Waals surface area contributed by atoms with Crippen molar-refractivity contribution in [2.24, 2.45) is 5.92 Å². The number of aryl methyl sites for hydroxylation is 1. The van der Waals surface area contributed by atoms with E-state index in [0.29, 0.717) is 43.7 Å². The molecular formula is C17H23N5O2. The summed E-state index contributed by atoms with van der Waals surface area (Å²) in [6.07, 6.45) is 4.41. The Labute approximate surface area is 140 Å². The molecule has 1 saturated heterocycles. The number of nitrogens with one attached hydrogen (secondary N) is 1. The Morgan fingerprint density at radius 3 is 2.75 bits per heavy atom. The number of nitrogens with zero attached hydrogens (tertiary/aromatic N) is 4. The maximum Gasteiger partial charge on any atom is 0.271 e. The van der Waals surface area contributed by atoms with E-state index in [1.165, 1.54) is 12.8 Å². The third kappa shape index (κ3) is 2.96. The Hall–Kier alpha value is -2.15. The van der Waals surface area contributed by atoms with Crippen LogP contribution in [0.4, 0.5) is 5.82 Å². The molecular weight excluding hydrogens is 306 g/mol. The lowest BCUT2D eigenvalue weighted by Crippen LogP contribution is -2.48. The van der Waals surface area contributed by atoms with Gasteiger partial charge in [-0.1, -0.05) is 0 Å². The van der Waals surface area contributed by atoms with E-state index in [-0.39, 0.29) is 5.56 Å². The van der Waals surface area contributed by atoms with Crippen molar-refractivity contribution in [1.82, 2.24) is 14.6 Å². The number of morpholine rings is 1. The van der Waals surface area contributed by atoms with Gasteiger partial charge in [-0.25, -0.2) is 14.6 Å². The summed E-state index contributed by atoms with van der Waals surface area (Å²) in [6.45, 7) is 6.75. The van der Waals surface area contributed by atoms with E-state index in [1.54, 1.807) is 10.7 Å². The zero-order chi connectivity index (χ0) is 16.7. The van der Waals surface area contributed by atoms with Crippen molar-refractivity contribution >= 4 is 16.7 Å². The minimum Gasteiger partial charge on any atom is -0.378 e. The third-order valence-corrected chi connectivity index (χ3v) is 4.81. The molecule has 0 spiro atoms. The summed E-state index contributed by atoms with van der Waals surface area (Å²) in [4.78, 5) is 21.5. The average Bonchev–Trinajstić information content (AvgIpc) is 3.40. The fourth-order valence-corrected chi connectivity index (χ4v) is 3.24. The molecule has 1 unspecified atom stereocenters.